The minimum Gasteiger partial charge on any atom is -0.262 e. The third kappa shape index (κ3) is 4.07. The third-order valence-corrected chi connectivity index (χ3v) is 5.05. The van der Waals surface area contributed by atoms with Gasteiger partial charge in [-0.1, -0.05) is 26.0 Å². The van der Waals surface area contributed by atoms with E-state index in [1.165, 1.54) is 0 Å². The number of aromatic nitrogens is 2. The van der Waals surface area contributed by atoms with Crippen LogP contribution in [0.2, 0.25) is 0 Å². The summed E-state index contributed by atoms with van der Waals surface area (Å²) in [7, 11) is -1.88. The van der Waals surface area contributed by atoms with Crippen LogP contribution in [-0.4, -0.2) is 18.2 Å². The standard InChI is InChI=1S/C14H18BrN3O2S/c1-10(2)8-11-4-6-12(7-5-11)21(19,20)17-14-9-13(15)18(3)16-14/h4-7,9-10H,8H2,1-3H3,(H,16,17). The van der Waals surface area contributed by atoms with E-state index in [-0.39, 0.29) is 10.7 Å². The molecule has 0 bridgehead atoms. The lowest BCUT2D eigenvalue weighted by molar-refractivity contribution is 0.600. The van der Waals surface area contributed by atoms with Crippen molar-refractivity contribution in [1.82, 2.24) is 9.78 Å². The zero-order chi connectivity index (χ0) is 15.6. The van der Waals surface area contributed by atoms with Crippen molar-refractivity contribution in [1.29, 1.82) is 0 Å². The lowest BCUT2D eigenvalue weighted by Crippen LogP contribution is -2.13. The molecule has 0 aliphatic carbocycles. The van der Waals surface area contributed by atoms with Crippen LogP contribution in [0.5, 0.6) is 0 Å². The topological polar surface area (TPSA) is 64.0 Å². The van der Waals surface area contributed by atoms with Crippen molar-refractivity contribution in [3.05, 3.63) is 40.5 Å². The van der Waals surface area contributed by atoms with Gasteiger partial charge in [0.1, 0.15) is 4.60 Å². The highest BCUT2D eigenvalue weighted by atomic mass is 79.9. The minimum atomic E-state index is -3.61. The van der Waals surface area contributed by atoms with E-state index in [4.69, 9.17) is 0 Å². The first-order valence-corrected chi connectivity index (χ1v) is 8.87. The predicted octanol–water partition coefficient (Wildman–Crippen LogP) is 3.18. The van der Waals surface area contributed by atoms with E-state index in [2.05, 4.69) is 39.6 Å². The Morgan fingerprint density at radius 2 is 1.90 bits per heavy atom. The molecule has 2 rings (SSSR count). The van der Waals surface area contributed by atoms with E-state index in [0.717, 1.165) is 12.0 Å². The highest BCUT2D eigenvalue weighted by molar-refractivity contribution is 9.10. The molecule has 7 heteroatoms. The van der Waals surface area contributed by atoms with Crippen molar-refractivity contribution in [2.24, 2.45) is 13.0 Å². The second kappa shape index (κ2) is 6.19. The number of anilines is 1. The summed E-state index contributed by atoms with van der Waals surface area (Å²) in [5, 5.41) is 4.06. The molecule has 1 heterocycles. The molecule has 0 fully saturated rings. The third-order valence-electron chi connectivity index (χ3n) is 2.94. The zero-order valence-electron chi connectivity index (χ0n) is 12.2. The van der Waals surface area contributed by atoms with Gasteiger partial charge in [0.2, 0.25) is 0 Å². The Labute approximate surface area is 133 Å². The van der Waals surface area contributed by atoms with Crippen molar-refractivity contribution in [2.45, 2.75) is 25.2 Å². The Balaban J connectivity index is 2.19. The first-order valence-electron chi connectivity index (χ1n) is 6.59. The SMILES string of the molecule is CC(C)Cc1ccc(S(=O)(=O)Nc2cc(Br)n(C)n2)cc1. The number of sulfonamides is 1. The maximum absolute atomic E-state index is 12.3. The summed E-state index contributed by atoms with van der Waals surface area (Å²) in [5.74, 6) is 0.826. The number of hydrogen-bond acceptors (Lipinski definition) is 3. The molecule has 0 amide bonds. The Bertz CT molecular complexity index is 702. The van der Waals surface area contributed by atoms with Gasteiger partial charge in [-0.2, -0.15) is 5.10 Å². The Morgan fingerprint density at radius 1 is 1.29 bits per heavy atom. The predicted molar refractivity (Wildman–Crippen MR) is 86.7 cm³/mol. The summed E-state index contributed by atoms with van der Waals surface area (Å²) < 4.78 is 29.3. The van der Waals surface area contributed by atoms with Gasteiger partial charge in [-0.05, 0) is 46.0 Å². The van der Waals surface area contributed by atoms with Crippen molar-refractivity contribution in [3.8, 4) is 0 Å². The van der Waals surface area contributed by atoms with Crippen LogP contribution in [0.3, 0.4) is 0 Å². The molecule has 0 saturated carbocycles. The van der Waals surface area contributed by atoms with Gasteiger partial charge in [-0.25, -0.2) is 8.42 Å². The summed E-state index contributed by atoms with van der Waals surface area (Å²) in [6.45, 7) is 4.26. The molecule has 2 aromatic rings. The number of halogens is 1. The van der Waals surface area contributed by atoms with Gasteiger partial charge < -0.3 is 0 Å². The molecular weight excluding hydrogens is 354 g/mol. The summed E-state index contributed by atoms with van der Waals surface area (Å²) in [6, 6.07) is 8.56. The molecule has 1 aromatic heterocycles. The fraction of sp³-hybridized carbons (Fsp3) is 0.357. The van der Waals surface area contributed by atoms with Gasteiger partial charge in [-0.15, -0.1) is 0 Å². The second-order valence-corrected chi connectivity index (χ2v) is 7.82. The number of nitrogens with one attached hydrogen (secondary N) is 1. The quantitative estimate of drug-likeness (QED) is 0.877. The van der Waals surface area contributed by atoms with Crippen molar-refractivity contribution < 1.29 is 8.42 Å². The number of hydrogen-bond donors (Lipinski definition) is 1. The maximum atomic E-state index is 12.3. The fourth-order valence-electron chi connectivity index (χ4n) is 1.97. The van der Waals surface area contributed by atoms with E-state index in [0.29, 0.717) is 10.5 Å². The largest absolute Gasteiger partial charge is 0.263 e. The molecule has 0 saturated heterocycles. The van der Waals surface area contributed by atoms with Crippen LogP contribution in [0, 0.1) is 5.92 Å². The van der Waals surface area contributed by atoms with E-state index in [1.54, 1.807) is 29.9 Å². The number of benzene rings is 1. The highest BCUT2D eigenvalue weighted by Gasteiger charge is 2.16. The smallest absolute Gasteiger partial charge is 0.262 e. The van der Waals surface area contributed by atoms with Gasteiger partial charge in [0, 0.05) is 13.1 Å². The molecule has 0 spiro atoms. The van der Waals surface area contributed by atoms with E-state index in [9.17, 15) is 8.42 Å². The van der Waals surface area contributed by atoms with Gasteiger partial charge >= 0.3 is 0 Å². The van der Waals surface area contributed by atoms with E-state index < -0.39 is 10.0 Å². The molecule has 0 radical (unpaired) electrons. The summed E-state index contributed by atoms with van der Waals surface area (Å²) in [6.07, 6.45) is 0.931. The fourth-order valence-corrected chi connectivity index (χ4v) is 3.25. The molecule has 5 nitrogen and oxygen atoms in total. The first kappa shape index (κ1) is 16.0. The average Bonchev–Trinajstić information content (AvgIpc) is 2.67. The maximum Gasteiger partial charge on any atom is 0.263 e. The van der Waals surface area contributed by atoms with Crippen LogP contribution in [0.4, 0.5) is 5.82 Å². The molecular formula is C14H18BrN3O2S. The summed E-state index contributed by atoms with van der Waals surface area (Å²) in [5.41, 5.74) is 1.13. The highest BCUT2D eigenvalue weighted by Crippen LogP contribution is 2.19. The Hall–Kier alpha value is -1.34. The van der Waals surface area contributed by atoms with Gasteiger partial charge in [-0.3, -0.25) is 9.40 Å². The van der Waals surface area contributed by atoms with E-state index in [1.807, 2.05) is 12.1 Å². The van der Waals surface area contributed by atoms with Crippen LogP contribution >= 0.6 is 15.9 Å². The van der Waals surface area contributed by atoms with Crippen LogP contribution in [0.25, 0.3) is 0 Å². The van der Waals surface area contributed by atoms with Crippen molar-refractivity contribution >= 4 is 31.8 Å². The molecule has 0 unspecified atom stereocenters. The molecule has 21 heavy (non-hydrogen) atoms. The molecule has 0 atom stereocenters. The number of aryl methyl sites for hydroxylation is 1. The lowest BCUT2D eigenvalue weighted by Gasteiger charge is -2.08. The van der Waals surface area contributed by atoms with Gasteiger partial charge in [0.25, 0.3) is 10.0 Å². The molecule has 114 valence electrons. The molecule has 1 aromatic carbocycles. The molecule has 1 N–H and O–H groups in total. The van der Waals surface area contributed by atoms with Crippen LogP contribution < -0.4 is 4.72 Å². The van der Waals surface area contributed by atoms with Crippen LogP contribution in [-0.2, 0) is 23.5 Å². The van der Waals surface area contributed by atoms with Gasteiger partial charge in [0.05, 0.1) is 4.90 Å². The minimum absolute atomic E-state index is 0.233. The second-order valence-electron chi connectivity index (χ2n) is 5.32. The van der Waals surface area contributed by atoms with E-state index >= 15 is 0 Å². The first-order chi connectivity index (χ1) is 9.78. The summed E-state index contributed by atoms with van der Waals surface area (Å²) in [4.78, 5) is 0.233. The molecule has 0 aliphatic heterocycles. The number of rotatable bonds is 5. The summed E-state index contributed by atoms with van der Waals surface area (Å²) >= 11 is 3.28. The van der Waals surface area contributed by atoms with Crippen molar-refractivity contribution in [2.75, 3.05) is 4.72 Å². The van der Waals surface area contributed by atoms with Gasteiger partial charge in [0.15, 0.2) is 5.82 Å². The van der Waals surface area contributed by atoms with Crippen LogP contribution in [0.15, 0.2) is 39.8 Å². The lowest BCUT2D eigenvalue weighted by atomic mass is 10.0. The van der Waals surface area contributed by atoms with Crippen molar-refractivity contribution in [3.63, 3.8) is 0 Å². The Morgan fingerprint density at radius 3 is 2.38 bits per heavy atom. The molecule has 0 aliphatic rings. The zero-order valence-corrected chi connectivity index (χ0v) is 14.6. The van der Waals surface area contributed by atoms with Crippen LogP contribution in [0.1, 0.15) is 19.4 Å². The monoisotopic (exact) mass is 371 g/mol. The average molecular weight is 372 g/mol. The Kier molecular flexibility index (Phi) is 4.73. The number of nitrogens with zero attached hydrogens (tertiary/aromatic N) is 2. The normalized spacial score (nSPS) is 11.9.